The molecule has 3 nitrogen and oxygen atoms in total. The molecular weight excluding hydrogens is 178 g/mol. The first-order valence-corrected chi connectivity index (χ1v) is 5.25. The van der Waals surface area contributed by atoms with Gasteiger partial charge in [0.25, 0.3) is 0 Å². The van der Waals surface area contributed by atoms with Crippen molar-refractivity contribution in [2.45, 2.75) is 53.0 Å². The van der Waals surface area contributed by atoms with E-state index in [1.807, 2.05) is 34.6 Å². The lowest BCUT2D eigenvalue weighted by Crippen LogP contribution is -2.53. The van der Waals surface area contributed by atoms with Gasteiger partial charge < -0.3 is 10.4 Å². The summed E-state index contributed by atoms with van der Waals surface area (Å²) in [5.41, 5.74) is -0.838. The summed E-state index contributed by atoms with van der Waals surface area (Å²) in [5.74, 6) is -0.00440. The lowest BCUT2D eigenvalue weighted by atomic mass is 9.89. The average Bonchev–Trinajstić information content (AvgIpc) is 2.12. The van der Waals surface area contributed by atoms with Crippen LogP contribution in [0.25, 0.3) is 0 Å². The normalized spacial score (nSPS) is 12.7. The zero-order valence-electron chi connectivity index (χ0n) is 9.98. The SMILES string of the molecule is CCC(CC)(CO)NC(=O)C(C)(C)C. The van der Waals surface area contributed by atoms with Gasteiger partial charge in [0, 0.05) is 5.41 Å². The maximum Gasteiger partial charge on any atom is 0.225 e. The third kappa shape index (κ3) is 3.29. The molecule has 0 aromatic rings. The van der Waals surface area contributed by atoms with Gasteiger partial charge in [-0.05, 0) is 12.8 Å². The molecule has 1 amide bonds. The summed E-state index contributed by atoms with van der Waals surface area (Å²) in [6.07, 6.45) is 1.50. The van der Waals surface area contributed by atoms with Gasteiger partial charge in [-0.2, -0.15) is 0 Å². The van der Waals surface area contributed by atoms with Crippen LogP contribution in [0, 0.1) is 5.41 Å². The molecule has 0 saturated heterocycles. The third-order valence-corrected chi connectivity index (χ3v) is 2.72. The van der Waals surface area contributed by atoms with Crippen molar-refractivity contribution in [3.05, 3.63) is 0 Å². The molecule has 0 aliphatic rings. The van der Waals surface area contributed by atoms with Gasteiger partial charge in [0.15, 0.2) is 0 Å². The Hall–Kier alpha value is -0.570. The number of carbonyl (C=O) groups is 1. The van der Waals surface area contributed by atoms with Crippen molar-refractivity contribution < 1.29 is 9.90 Å². The Kier molecular flexibility index (Phi) is 4.59. The minimum atomic E-state index is -0.440. The van der Waals surface area contributed by atoms with Crippen molar-refractivity contribution in [3.63, 3.8) is 0 Å². The second-order valence-electron chi connectivity index (χ2n) is 4.85. The van der Waals surface area contributed by atoms with Gasteiger partial charge in [-0.1, -0.05) is 34.6 Å². The monoisotopic (exact) mass is 201 g/mol. The molecule has 0 atom stereocenters. The van der Waals surface area contributed by atoms with Crippen molar-refractivity contribution in [3.8, 4) is 0 Å². The van der Waals surface area contributed by atoms with E-state index in [-0.39, 0.29) is 12.5 Å². The first kappa shape index (κ1) is 13.4. The fourth-order valence-corrected chi connectivity index (χ4v) is 1.12. The van der Waals surface area contributed by atoms with Gasteiger partial charge in [-0.25, -0.2) is 0 Å². The molecule has 0 heterocycles. The van der Waals surface area contributed by atoms with Gasteiger partial charge in [-0.3, -0.25) is 4.79 Å². The molecule has 0 rings (SSSR count). The third-order valence-electron chi connectivity index (χ3n) is 2.72. The van der Waals surface area contributed by atoms with Crippen molar-refractivity contribution in [1.29, 1.82) is 0 Å². The molecule has 0 unspecified atom stereocenters. The summed E-state index contributed by atoms with van der Waals surface area (Å²) in [7, 11) is 0. The summed E-state index contributed by atoms with van der Waals surface area (Å²) < 4.78 is 0. The maximum absolute atomic E-state index is 11.7. The van der Waals surface area contributed by atoms with E-state index in [4.69, 9.17) is 0 Å². The Morgan fingerprint density at radius 1 is 1.21 bits per heavy atom. The zero-order valence-corrected chi connectivity index (χ0v) is 9.98. The topological polar surface area (TPSA) is 49.3 Å². The molecule has 0 spiro atoms. The van der Waals surface area contributed by atoms with E-state index in [1.54, 1.807) is 0 Å². The molecule has 0 saturated carbocycles. The highest BCUT2D eigenvalue weighted by Gasteiger charge is 2.31. The van der Waals surface area contributed by atoms with Crippen molar-refractivity contribution in [2.24, 2.45) is 5.41 Å². The lowest BCUT2D eigenvalue weighted by Gasteiger charge is -2.33. The maximum atomic E-state index is 11.7. The highest BCUT2D eigenvalue weighted by atomic mass is 16.3. The van der Waals surface area contributed by atoms with Crippen LogP contribution in [0.2, 0.25) is 0 Å². The van der Waals surface area contributed by atoms with Gasteiger partial charge in [0.1, 0.15) is 0 Å². The Morgan fingerprint density at radius 3 is 1.86 bits per heavy atom. The molecule has 14 heavy (non-hydrogen) atoms. The first-order chi connectivity index (χ1) is 6.31. The van der Waals surface area contributed by atoms with E-state index < -0.39 is 11.0 Å². The Labute approximate surface area is 86.9 Å². The summed E-state index contributed by atoms with van der Waals surface area (Å²) >= 11 is 0. The Morgan fingerprint density at radius 2 is 1.64 bits per heavy atom. The second-order valence-corrected chi connectivity index (χ2v) is 4.85. The molecule has 0 aromatic carbocycles. The largest absolute Gasteiger partial charge is 0.394 e. The molecule has 0 aliphatic carbocycles. The molecule has 3 heteroatoms. The van der Waals surface area contributed by atoms with Crippen LogP contribution in [0.15, 0.2) is 0 Å². The predicted molar refractivity (Wildman–Crippen MR) is 58.0 cm³/mol. The quantitative estimate of drug-likeness (QED) is 0.727. The average molecular weight is 201 g/mol. The van der Waals surface area contributed by atoms with Crippen molar-refractivity contribution >= 4 is 5.91 Å². The lowest BCUT2D eigenvalue weighted by molar-refractivity contribution is -0.131. The van der Waals surface area contributed by atoms with E-state index in [0.717, 1.165) is 12.8 Å². The van der Waals surface area contributed by atoms with Crippen LogP contribution in [0.5, 0.6) is 0 Å². The summed E-state index contributed by atoms with van der Waals surface area (Å²) in [4.78, 5) is 11.7. The number of amides is 1. The molecule has 84 valence electrons. The highest BCUT2D eigenvalue weighted by Crippen LogP contribution is 2.19. The number of aliphatic hydroxyl groups excluding tert-OH is 1. The number of rotatable bonds is 4. The Balaban J connectivity index is 4.54. The summed E-state index contributed by atoms with van der Waals surface area (Å²) in [6.45, 7) is 9.56. The van der Waals surface area contributed by atoms with Gasteiger partial charge in [-0.15, -0.1) is 0 Å². The van der Waals surface area contributed by atoms with E-state index in [2.05, 4.69) is 5.32 Å². The van der Waals surface area contributed by atoms with Crippen LogP contribution in [-0.4, -0.2) is 23.2 Å². The highest BCUT2D eigenvalue weighted by molar-refractivity contribution is 5.82. The molecule has 0 bridgehead atoms. The molecule has 0 fully saturated rings. The minimum Gasteiger partial charge on any atom is -0.394 e. The second kappa shape index (κ2) is 4.78. The summed E-state index contributed by atoms with van der Waals surface area (Å²) in [5, 5.41) is 12.2. The molecule has 0 aliphatic heterocycles. The van der Waals surface area contributed by atoms with Crippen LogP contribution in [-0.2, 0) is 4.79 Å². The van der Waals surface area contributed by atoms with E-state index in [0.29, 0.717) is 0 Å². The fourth-order valence-electron chi connectivity index (χ4n) is 1.12. The van der Waals surface area contributed by atoms with E-state index >= 15 is 0 Å². The molecule has 0 radical (unpaired) electrons. The first-order valence-electron chi connectivity index (χ1n) is 5.25. The van der Waals surface area contributed by atoms with E-state index in [1.165, 1.54) is 0 Å². The van der Waals surface area contributed by atoms with Crippen molar-refractivity contribution in [1.82, 2.24) is 5.32 Å². The van der Waals surface area contributed by atoms with Crippen LogP contribution < -0.4 is 5.32 Å². The number of carbonyl (C=O) groups excluding carboxylic acids is 1. The zero-order chi connectivity index (χ0) is 11.4. The van der Waals surface area contributed by atoms with Gasteiger partial charge in [0.2, 0.25) is 5.91 Å². The standard InChI is InChI=1S/C11H23NO2/c1-6-11(7-2,8-13)12-9(14)10(3,4)5/h13H,6-8H2,1-5H3,(H,12,14). The fraction of sp³-hybridized carbons (Fsp3) is 0.909. The summed E-state index contributed by atoms with van der Waals surface area (Å²) in [6, 6.07) is 0. The van der Waals surface area contributed by atoms with Crippen LogP contribution in [0.4, 0.5) is 0 Å². The van der Waals surface area contributed by atoms with Crippen molar-refractivity contribution in [2.75, 3.05) is 6.61 Å². The number of nitrogens with one attached hydrogen (secondary N) is 1. The van der Waals surface area contributed by atoms with Crippen LogP contribution in [0.1, 0.15) is 47.5 Å². The van der Waals surface area contributed by atoms with Crippen LogP contribution in [0.3, 0.4) is 0 Å². The van der Waals surface area contributed by atoms with Gasteiger partial charge >= 0.3 is 0 Å². The number of hydrogen-bond acceptors (Lipinski definition) is 2. The number of aliphatic hydroxyl groups is 1. The predicted octanol–water partition coefficient (Wildman–Crippen LogP) is 1.70. The number of hydrogen-bond donors (Lipinski definition) is 2. The molecule has 0 aromatic heterocycles. The van der Waals surface area contributed by atoms with Gasteiger partial charge in [0.05, 0.1) is 12.1 Å². The Bertz CT molecular complexity index is 182. The molecular formula is C11H23NO2. The smallest absolute Gasteiger partial charge is 0.225 e. The van der Waals surface area contributed by atoms with E-state index in [9.17, 15) is 9.90 Å². The van der Waals surface area contributed by atoms with Crippen LogP contribution >= 0.6 is 0 Å². The molecule has 2 N–H and O–H groups in total. The minimum absolute atomic E-state index is 0.00181.